The first-order chi connectivity index (χ1) is 15.8. The number of hydrogen-bond donors (Lipinski definition) is 4. The number of hydrogen-bond acceptors (Lipinski definition) is 7. The third kappa shape index (κ3) is 5.49. The largest absolute Gasteiger partial charge is 0.493 e. The Labute approximate surface area is 196 Å². The van der Waals surface area contributed by atoms with E-state index in [4.69, 9.17) is 25.8 Å². The molecule has 0 saturated carbocycles. The summed E-state index contributed by atoms with van der Waals surface area (Å²) >= 11 is 6.39. The molecule has 180 valence electrons. The molecule has 9 heteroatoms. The average Bonchev–Trinajstić information content (AvgIpc) is 2.79. The molecule has 2 aromatic carbocycles. The fourth-order valence-corrected chi connectivity index (χ4v) is 4.21. The van der Waals surface area contributed by atoms with Crippen LogP contribution in [0.3, 0.4) is 0 Å². The van der Waals surface area contributed by atoms with Gasteiger partial charge in [0.1, 0.15) is 36.3 Å². The van der Waals surface area contributed by atoms with Crippen LogP contribution < -0.4 is 4.74 Å². The zero-order chi connectivity index (χ0) is 23.6. The zero-order valence-electron chi connectivity index (χ0n) is 17.9. The van der Waals surface area contributed by atoms with E-state index in [-0.39, 0.29) is 26.2 Å². The van der Waals surface area contributed by atoms with E-state index in [2.05, 4.69) is 0 Å². The van der Waals surface area contributed by atoms with E-state index in [0.717, 1.165) is 11.1 Å². The van der Waals surface area contributed by atoms with Gasteiger partial charge in [0.05, 0.1) is 26.4 Å². The number of halogens is 2. The second-order valence-electron chi connectivity index (χ2n) is 8.66. The second-order valence-corrected chi connectivity index (χ2v) is 9.07. The normalized spacial score (nSPS) is 28.8. The van der Waals surface area contributed by atoms with E-state index in [1.165, 1.54) is 0 Å². The number of aliphatic hydroxyl groups is 4. The van der Waals surface area contributed by atoms with Crippen LogP contribution in [0.4, 0.5) is 4.39 Å². The lowest BCUT2D eigenvalue weighted by atomic mass is 9.90. The minimum atomic E-state index is -1.45. The number of benzene rings is 2. The van der Waals surface area contributed by atoms with Gasteiger partial charge in [0.25, 0.3) is 0 Å². The SMILES string of the molecule is OCC1O[C@@H](c2ccc(Cl)c(Cc3ccc(OCCC4(F)COC4)cc3)c2)[C@H](O)[C@@H](O)[C@@H]1O. The van der Waals surface area contributed by atoms with Crippen LogP contribution in [0, 0.1) is 0 Å². The second kappa shape index (κ2) is 10.2. The summed E-state index contributed by atoms with van der Waals surface area (Å²) in [4.78, 5) is 0. The molecule has 2 heterocycles. The molecular weight excluding hydrogens is 455 g/mol. The van der Waals surface area contributed by atoms with Crippen LogP contribution >= 0.6 is 11.6 Å². The van der Waals surface area contributed by atoms with Crippen LogP contribution in [-0.2, 0) is 15.9 Å². The van der Waals surface area contributed by atoms with Crippen LogP contribution in [0.2, 0.25) is 5.02 Å². The van der Waals surface area contributed by atoms with Gasteiger partial charge in [0.2, 0.25) is 0 Å². The summed E-state index contributed by atoms with van der Waals surface area (Å²) in [6, 6.07) is 12.6. The highest BCUT2D eigenvalue weighted by Gasteiger charge is 2.44. The van der Waals surface area contributed by atoms with Crippen molar-refractivity contribution in [2.24, 2.45) is 0 Å². The van der Waals surface area contributed by atoms with Crippen molar-refractivity contribution in [1.82, 2.24) is 0 Å². The minimum absolute atomic E-state index is 0.123. The molecule has 0 radical (unpaired) electrons. The average molecular weight is 483 g/mol. The van der Waals surface area contributed by atoms with E-state index in [1.54, 1.807) is 18.2 Å². The van der Waals surface area contributed by atoms with Crippen molar-refractivity contribution in [2.45, 2.75) is 49.0 Å². The van der Waals surface area contributed by atoms with Crippen molar-refractivity contribution in [1.29, 1.82) is 0 Å². The number of ether oxygens (including phenoxy) is 3. The van der Waals surface area contributed by atoms with Gasteiger partial charge in [0, 0.05) is 11.4 Å². The predicted molar refractivity (Wildman–Crippen MR) is 118 cm³/mol. The molecule has 2 aliphatic heterocycles. The van der Waals surface area contributed by atoms with Gasteiger partial charge < -0.3 is 34.6 Å². The minimum Gasteiger partial charge on any atom is -0.493 e. The van der Waals surface area contributed by atoms with Gasteiger partial charge in [-0.15, -0.1) is 0 Å². The van der Waals surface area contributed by atoms with Crippen LogP contribution in [0.15, 0.2) is 42.5 Å². The molecule has 0 bridgehead atoms. The van der Waals surface area contributed by atoms with E-state index >= 15 is 0 Å². The van der Waals surface area contributed by atoms with Crippen molar-refractivity contribution < 1.29 is 39.0 Å². The Morgan fingerprint density at radius 2 is 1.76 bits per heavy atom. The lowest BCUT2D eigenvalue weighted by Crippen LogP contribution is -2.55. The van der Waals surface area contributed by atoms with Crippen molar-refractivity contribution in [3.8, 4) is 5.75 Å². The number of rotatable bonds is 8. The molecule has 2 aromatic rings. The first kappa shape index (κ1) is 24.3. The summed E-state index contributed by atoms with van der Waals surface area (Å²) in [5, 5.41) is 40.4. The van der Waals surface area contributed by atoms with Gasteiger partial charge in [-0.05, 0) is 41.3 Å². The van der Waals surface area contributed by atoms with Gasteiger partial charge in [0.15, 0.2) is 5.67 Å². The summed E-state index contributed by atoms with van der Waals surface area (Å²) in [5.74, 6) is 0.642. The molecule has 5 atom stereocenters. The Morgan fingerprint density at radius 3 is 2.39 bits per heavy atom. The summed E-state index contributed by atoms with van der Waals surface area (Å²) in [6.07, 6.45) is -5.34. The smallest absolute Gasteiger partial charge is 0.160 e. The molecule has 0 spiro atoms. The summed E-state index contributed by atoms with van der Waals surface area (Å²) in [5.41, 5.74) is 1.04. The number of aliphatic hydroxyl groups excluding tert-OH is 4. The molecule has 0 aromatic heterocycles. The third-order valence-electron chi connectivity index (χ3n) is 6.15. The molecule has 33 heavy (non-hydrogen) atoms. The first-order valence-electron chi connectivity index (χ1n) is 10.9. The van der Waals surface area contributed by atoms with Crippen LogP contribution in [-0.4, -0.2) is 76.9 Å². The maximum atomic E-state index is 13.9. The van der Waals surface area contributed by atoms with Crippen molar-refractivity contribution in [2.75, 3.05) is 26.4 Å². The Bertz CT molecular complexity index is 935. The quantitative estimate of drug-likeness (QED) is 0.455. The summed E-state index contributed by atoms with van der Waals surface area (Å²) < 4.78 is 30.1. The summed E-state index contributed by atoms with van der Waals surface area (Å²) in [7, 11) is 0. The van der Waals surface area contributed by atoms with Gasteiger partial charge in [-0.2, -0.15) is 0 Å². The van der Waals surface area contributed by atoms with Crippen LogP contribution in [0.25, 0.3) is 0 Å². The first-order valence-corrected chi connectivity index (χ1v) is 11.2. The Hall–Kier alpha value is -1.78. The van der Waals surface area contributed by atoms with Crippen LogP contribution in [0.5, 0.6) is 5.75 Å². The van der Waals surface area contributed by atoms with E-state index < -0.39 is 42.8 Å². The topological polar surface area (TPSA) is 109 Å². The highest BCUT2D eigenvalue weighted by Crippen LogP contribution is 2.34. The fourth-order valence-electron chi connectivity index (χ4n) is 4.03. The number of alkyl halides is 1. The molecule has 2 fully saturated rings. The zero-order valence-corrected chi connectivity index (χ0v) is 18.7. The van der Waals surface area contributed by atoms with Gasteiger partial charge >= 0.3 is 0 Å². The van der Waals surface area contributed by atoms with Crippen molar-refractivity contribution >= 4 is 11.6 Å². The lowest BCUT2D eigenvalue weighted by Gasteiger charge is -2.40. The summed E-state index contributed by atoms with van der Waals surface area (Å²) in [6.45, 7) is 0.0269. The Morgan fingerprint density at radius 1 is 1.03 bits per heavy atom. The molecule has 2 aliphatic rings. The molecular formula is C24H28ClFO7. The Kier molecular flexibility index (Phi) is 7.55. The van der Waals surface area contributed by atoms with Crippen LogP contribution in [0.1, 0.15) is 29.2 Å². The maximum Gasteiger partial charge on any atom is 0.160 e. The monoisotopic (exact) mass is 482 g/mol. The highest BCUT2D eigenvalue weighted by atomic mass is 35.5. The molecule has 1 unspecified atom stereocenters. The van der Waals surface area contributed by atoms with Crippen molar-refractivity contribution in [3.05, 3.63) is 64.2 Å². The van der Waals surface area contributed by atoms with Gasteiger partial charge in [-0.3, -0.25) is 0 Å². The fraction of sp³-hybridized carbons (Fsp3) is 0.500. The van der Waals surface area contributed by atoms with Crippen molar-refractivity contribution in [3.63, 3.8) is 0 Å². The molecule has 7 nitrogen and oxygen atoms in total. The van der Waals surface area contributed by atoms with Gasteiger partial charge in [-0.1, -0.05) is 35.9 Å². The molecule has 0 amide bonds. The van der Waals surface area contributed by atoms with E-state index in [9.17, 15) is 24.8 Å². The maximum absolute atomic E-state index is 13.9. The van der Waals surface area contributed by atoms with E-state index in [0.29, 0.717) is 22.8 Å². The van der Waals surface area contributed by atoms with E-state index in [1.807, 2.05) is 24.3 Å². The third-order valence-corrected chi connectivity index (χ3v) is 6.52. The lowest BCUT2D eigenvalue weighted by molar-refractivity contribution is -0.231. The Balaban J connectivity index is 1.41. The standard InChI is InChI=1S/C24H28ClFO7/c25-18-6-3-15(23-22(30)21(29)20(28)19(11-27)33-23)10-16(18)9-14-1-4-17(5-2-14)32-8-7-24(26)12-31-13-24/h1-6,10,19-23,27-30H,7-9,11-13H2/t19?,20-,21+,22-,23+/m1/s1. The molecule has 2 saturated heterocycles. The molecule has 4 rings (SSSR count). The molecule has 0 aliphatic carbocycles. The predicted octanol–water partition coefficient (Wildman–Crippen LogP) is 1.95. The molecule has 4 N–H and O–H groups in total. The van der Waals surface area contributed by atoms with Gasteiger partial charge in [-0.25, -0.2) is 4.39 Å². The highest BCUT2D eigenvalue weighted by molar-refractivity contribution is 6.31.